The number of hydrogen-bond acceptors (Lipinski definition) is 2. The van der Waals surface area contributed by atoms with Gasteiger partial charge in [-0.15, -0.1) is 0 Å². The standard InChI is InChI=1S/C15H17NO/c1-3-4-9-15(17)14-10-11(2)12-7-5-6-8-13(12)16-14/h5-8,10H,3-4,9H2,1-2H3. The van der Waals surface area contributed by atoms with Gasteiger partial charge in [-0.3, -0.25) is 4.79 Å². The molecule has 2 heteroatoms. The minimum atomic E-state index is 0.153. The van der Waals surface area contributed by atoms with E-state index in [0.29, 0.717) is 12.1 Å². The van der Waals surface area contributed by atoms with Gasteiger partial charge in [0.25, 0.3) is 0 Å². The highest BCUT2D eigenvalue weighted by atomic mass is 16.1. The smallest absolute Gasteiger partial charge is 0.181 e. The third-order valence-electron chi connectivity index (χ3n) is 2.97. The molecule has 0 atom stereocenters. The van der Waals surface area contributed by atoms with E-state index in [4.69, 9.17) is 0 Å². The number of unbranched alkanes of at least 4 members (excludes halogenated alkanes) is 1. The van der Waals surface area contributed by atoms with E-state index in [1.807, 2.05) is 37.3 Å². The Bertz CT molecular complexity index is 546. The van der Waals surface area contributed by atoms with Crippen LogP contribution in [0.2, 0.25) is 0 Å². The Morgan fingerprint density at radius 2 is 2.06 bits per heavy atom. The Morgan fingerprint density at radius 1 is 1.29 bits per heavy atom. The van der Waals surface area contributed by atoms with Crippen LogP contribution in [-0.4, -0.2) is 10.8 Å². The molecular formula is C15H17NO. The van der Waals surface area contributed by atoms with Gasteiger partial charge in [-0.25, -0.2) is 4.98 Å². The molecule has 88 valence electrons. The van der Waals surface area contributed by atoms with E-state index in [2.05, 4.69) is 11.9 Å². The predicted molar refractivity (Wildman–Crippen MR) is 70.3 cm³/mol. The molecule has 0 radical (unpaired) electrons. The number of rotatable bonds is 4. The van der Waals surface area contributed by atoms with Crippen molar-refractivity contribution < 1.29 is 4.79 Å². The summed E-state index contributed by atoms with van der Waals surface area (Å²) in [6, 6.07) is 9.85. The zero-order valence-corrected chi connectivity index (χ0v) is 10.4. The highest BCUT2D eigenvalue weighted by molar-refractivity contribution is 5.97. The molecule has 1 aromatic carbocycles. The van der Waals surface area contributed by atoms with Crippen molar-refractivity contribution in [3.8, 4) is 0 Å². The van der Waals surface area contributed by atoms with Crippen LogP contribution in [0.4, 0.5) is 0 Å². The van der Waals surface area contributed by atoms with Crippen molar-refractivity contribution in [2.45, 2.75) is 33.1 Å². The lowest BCUT2D eigenvalue weighted by molar-refractivity contribution is 0.0975. The van der Waals surface area contributed by atoms with E-state index < -0.39 is 0 Å². The summed E-state index contributed by atoms with van der Waals surface area (Å²) in [4.78, 5) is 16.4. The monoisotopic (exact) mass is 227 g/mol. The van der Waals surface area contributed by atoms with E-state index in [1.54, 1.807) is 0 Å². The first-order chi connectivity index (χ1) is 8.22. The van der Waals surface area contributed by atoms with Crippen LogP contribution in [0, 0.1) is 6.92 Å². The van der Waals surface area contributed by atoms with Crippen LogP contribution in [0.3, 0.4) is 0 Å². The van der Waals surface area contributed by atoms with Crippen molar-refractivity contribution in [1.82, 2.24) is 4.98 Å². The van der Waals surface area contributed by atoms with E-state index in [1.165, 1.54) is 0 Å². The number of benzene rings is 1. The second-order valence-corrected chi connectivity index (χ2v) is 4.37. The highest BCUT2D eigenvalue weighted by Crippen LogP contribution is 2.18. The second-order valence-electron chi connectivity index (χ2n) is 4.37. The summed E-state index contributed by atoms with van der Waals surface area (Å²) in [6.07, 6.45) is 2.58. The molecule has 0 fully saturated rings. The fraction of sp³-hybridized carbons (Fsp3) is 0.333. The summed E-state index contributed by atoms with van der Waals surface area (Å²) >= 11 is 0. The average molecular weight is 227 g/mol. The van der Waals surface area contributed by atoms with Gasteiger partial charge in [0.1, 0.15) is 5.69 Å². The summed E-state index contributed by atoms with van der Waals surface area (Å²) < 4.78 is 0. The normalized spacial score (nSPS) is 10.7. The van der Waals surface area contributed by atoms with Gasteiger partial charge in [0.15, 0.2) is 5.78 Å². The number of carbonyl (C=O) groups is 1. The van der Waals surface area contributed by atoms with E-state index in [9.17, 15) is 4.79 Å². The van der Waals surface area contributed by atoms with Crippen molar-refractivity contribution in [1.29, 1.82) is 0 Å². The molecule has 0 unspecified atom stereocenters. The Balaban J connectivity index is 2.39. The molecule has 0 aliphatic carbocycles. The van der Waals surface area contributed by atoms with Crippen LogP contribution in [0.5, 0.6) is 0 Å². The van der Waals surface area contributed by atoms with E-state index in [0.717, 1.165) is 29.3 Å². The Kier molecular flexibility index (Phi) is 3.52. The predicted octanol–water partition coefficient (Wildman–Crippen LogP) is 3.92. The summed E-state index contributed by atoms with van der Waals surface area (Å²) in [5, 5.41) is 1.12. The van der Waals surface area contributed by atoms with Crippen LogP contribution >= 0.6 is 0 Å². The van der Waals surface area contributed by atoms with Gasteiger partial charge in [0.2, 0.25) is 0 Å². The first-order valence-corrected chi connectivity index (χ1v) is 6.12. The van der Waals surface area contributed by atoms with Crippen molar-refractivity contribution in [3.05, 3.63) is 41.6 Å². The number of carbonyl (C=O) groups excluding carboxylic acids is 1. The largest absolute Gasteiger partial charge is 0.292 e. The summed E-state index contributed by atoms with van der Waals surface area (Å²) in [6.45, 7) is 4.12. The molecule has 17 heavy (non-hydrogen) atoms. The van der Waals surface area contributed by atoms with Crippen molar-refractivity contribution in [2.24, 2.45) is 0 Å². The van der Waals surface area contributed by atoms with Crippen molar-refractivity contribution >= 4 is 16.7 Å². The molecule has 2 aromatic rings. The summed E-state index contributed by atoms with van der Waals surface area (Å²) in [5.74, 6) is 0.153. The number of pyridine rings is 1. The molecule has 0 N–H and O–H groups in total. The number of para-hydroxylation sites is 1. The SMILES string of the molecule is CCCCC(=O)c1cc(C)c2ccccc2n1. The molecule has 2 rings (SSSR count). The first kappa shape index (κ1) is 11.8. The van der Waals surface area contributed by atoms with Gasteiger partial charge in [0.05, 0.1) is 5.52 Å². The zero-order valence-electron chi connectivity index (χ0n) is 10.4. The zero-order chi connectivity index (χ0) is 12.3. The lowest BCUT2D eigenvalue weighted by atomic mass is 10.1. The van der Waals surface area contributed by atoms with Gasteiger partial charge < -0.3 is 0 Å². The molecule has 0 saturated carbocycles. The molecule has 2 nitrogen and oxygen atoms in total. The maximum Gasteiger partial charge on any atom is 0.181 e. The van der Waals surface area contributed by atoms with Gasteiger partial charge in [0, 0.05) is 11.8 Å². The van der Waals surface area contributed by atoms with Crippen LogP contribution in [0.1, 0.15) is 42.2 Å². The van der Waals surface area contributed by atoms with Crippen molar-refractivity contribution in [2.75, 3.05) is 0 Å². The van der Waals surface area contributed by atoms with Crippen LogP contribution in [-0.2, 0) is 0 Å². The van der Waals surface area contributed by atoms with Crippen molar-refractivity contribution in [3.63, 3.8) is 0 Å². The first-order valence-electron chi connectivity index (χ1n) is 6.12. The minimum Gasteiger partial charge on any atom is -0.292 e. The lowest BCUT2D eigenvalue weighted by Crippen LogP contribution is -2.03. The maximum atomic E-state index is 11.9. The fourth-order valence-electron chi connectivity index (χ4n) is 1.96. The Morgan fingerprint density at radius 3 is 2.82 bits per heavy atom. The quantitative estimate of drug-likeness (QED) is 0.741. The fourth-order valence-corrected chi connectivity index (χ4v) is 1.96. The average Bonchev–Trinajstić information content (AvgIpc) is 2.36. The topological polar surface area (TPSA) is 30.0 Å². The molecule has 1 aromatic heterocycles. The number of ketones is 1. The number of aromatic nitrogens is 1. The number of fused-ring (bicyclic) bond motifs is 1. The molecule has 0 aliphatic heterocycles. The number of Topliss-reactive ketones (excluding diaryl/α,β-unsaturated/α-hetero) is 1. The second kappa shape index (κ2) is 5.09. The van der Waals surface area contributed by atoms with Crippen LogP contribution in [0.15, 0.2) is 30.3 Å². The van der Waals surface area contributed by atoms with Gasteiger partial charge in [-0.05, 0) is 31.0 Å². The van der Waals surface area contributed by atoms with Crippen LogP contribution in [0.25, 0.3) is 10.9 Å². The molecule has 0 bridgehead atoms. The maximum absolute atomic E-state index is 11.9. The van der Waals surface area contributed by atoms with Gasteiger partial charge >= 0.3 is 0 Å². The molecule has 0 saturated heterocycles. The molecule has 0 aliphatic rings. The summed E-state index contributed by atoms with van der Waals surface area (Å²) in [5.41, 5.74) is 2.64. The van der Waals surface area contributed by atoms with Gasteiger partial charge in [-0.2, -0.15) is 0 Å². The Hall–Kier alpha value is -1.70. The molecular weight excluding hydrogens is 210 g/mol. The van der Waals surface area contributed by atoms with E-state index in [-0.39, 0.29) is 5.78 Å². The third kappa shape index (κ3) is 2.52. The summed E-state index contributed by atoms with van der Waals surface area (Å²) in [7, 11) is 0. The lowest BCUT2D eigenvalue weighted by Gasteiger charge is -2.05. The van der Waals surface area contributed by atoms with Crippen LogP contribution < -0.4 is 0 Å². The molecule has 1 heterocycles. The highest BCUT2D eigenvalue weighted by Gasteiger charge is 2.09. The minimum absolute atomic E-state index is 0.153. The number of nitrogens with zero attached hydrogens (tertiary/aromatic N) is 1. The molecule has 0 spiro atoms. The van der Waals surface area contributed by atoms with Gasteiger partial charge in [-0.1, -0.05) is 31.5 Å². The van der Waals surface area contributed by atoms with E-state index >= 15 is 0 Å². The number of hydrogen-bond donors (Lipinski definition) is 0. The number of aryl methyl sites for hydroxylation is 1. The Labute approximate surface area is 102 Å². The molecule has 0 amide bonds. The third-order valence-corrected chi connectivity index (χ3v) is 2.97.